The number of halogens is 2. The third-order valence-corrected chi connectivity index (χ3v) is 5.03. The third-order valence-electron chi connectivity index (χ3n) is 4.02. The summed E-state index contributed by atoms with van der Waals surface area (Å²) in [5.74, 6) is 2.15. The Morgan fingerprint density at radius 3 is 2.78 bits per heavy atom. The van der Waals surface area contributed by atoms with Gasteiger partial charge in [-0.3, -0.25) is 4.79 Å². The molecule has 6 heteroatoms. The molecule has 0 bridgehead atoms. The van der Waals surface area contributed by atoms with E-state index in [-0.39, 0.29) is 24.1 Å². The van der Waals surface area contributed by atoms with Crippen molar-refractivity contribution in [3.05, 3.63) is 35.6 Å². The first-order valence-electron chi connectivity index (χ1n) is 8.04. The van der Waals surface area contributed by atoms with Crippen molar-refractivity contribution in [2.75, 3.05) is 25.4 Å². The SMILES string of the molecule is Cl.O=C(CCC1CCNCC1)NCCSCc1ccccc1F. The number of carbonyl (C=O) groups is 1. The smallest absolute Gasteiger partial charge is 0.220 e. The van der Waals surface area contributed by atoms with E-state index in [1.165, 1.54) is 18.9 Å². The maximum Gasteiger partial charge on any atom is 0.220 e. The zero-order chi connectivity index (χ0) is 15.6. The van der Waals surface area contributed by atoms with Crippen molar-refractivity contribution in [1.29, 1.82) is 0 Å². The molecule has 2 N–H and O–H groups in total. The quantitative estimate of drug-likeness (QED) is 0.698. The highest BCUT2D eigenvalue weighted by Crippen LogP contribution is 2.17. The maximum atomic E-state index is 13.4. The van der Waals surface area contributed by atoms with Crippen LogP contribution >= 0.6 is 24.2 Å². The fraction of sp³-hybridized carbons (Fsp3) is 0.588. The van der Waals surface area contributed by atoms with E-state index < -0.39 is 0 Å². The highest BCUT2D eigenvalue weighted by molar-refractivity contribution is 7.98. The highest BCUT2D eigenvalue weighted by Gasteiger charge is 2.14. The number of carbonyl (C=O) groups excluding carboxylic acids is 1. The molecule has 23 heavy (non-hydrogen) atoms. The lowest BCUT2D eigenvalue weighted by Gasteiger charge is -2.22. The number of benzene rings is 1. The van der Waals surface area contributed by atoms with Gasteiger partial charge in [0.05, 0.1) is 0 Å². The van der Waals surface area contributed by atoms with E-state index >= 15 is 0 Å². The number of piperidine rings is 1. The molecule has 0 aromatic heterocycles. The van der Waals surface area contributed by atoms with Crippen molar-refractivity contribution in [2.24, 2.45) is 5.92 Å². The van der Waals surface area contributed by atoms with E-state index in [0.717, 1.165) is 30.8 Å². The first-order chi connectivity index (χ1) is 10.8. The first-order valence-corrected chi connectivity index (χ1v) is 9.20. The van der Waals surface area contributed by atoms with Crippen LogP contribution in [0.1, 0.15) is 31.2 Å². The summed E-state index contributed by atoms with van der Waals surface area (Å²) in [5.41, 5.74) is 0.727. The van der Waals surface area contributed by atoms with Crippen molar-refractivity contribution in [3.8, 4) is 0 Å². The monoisotopic (exact) mass is 360 g/mol. The van der Waals surface area contributed by atoms with Crippen LogP contribution in [-0.2, 0) is 10.5 Å². The number of amides is 1. The molecule has 0 atom stereocenters. The van der Waals surface area contributed by atoms with Gasteiger partial charge in [-0.2, -0.15) is 11.8 Å². The molecule has 1 aromatic rings. The summed E-state index contributed by atoms with van der Waals surface area (Å²) in [6.07, 6.45) is 4.00. The zero-order valence-corrected chi connectivity index (χ0v) is 15.0. The number of hydrogen-bond donors (Lipinski definition) is 2. The van der Waals surface area contributed by atoms with Crippen molar-refractivity contribution >= 4 is 30.1 Å². The molecule has 3 nitrogen and oxygen atoms in total. The summed E-state index contributed by atoms with van der Waals surface area (Å²) < 4.78 is 13.4. The second-order valence-corrected chi connectivity index (χ2v) is 6.83. The van der Waals surface area contributed by atoms with E-state index in [1.807, 2.05) is 6.07 Å². The average molecular weight is 361 g/mol. The summed E-state index contributed by atoms with van der Waals surface area (Å²) in [7, 11) is 0. The van der Waals surface area contributed by atoms with Crippen LogP contribution in [-0.4, -0.2) is 31.3 Å². The summed E-state index contributed by atoms with van der Waals surface area (Å²) in [4.78, 5) is 11.8. The van der Waals surface area contributed by atoms with Gasteiger partial charge in [-0.15, -0.1) is 12.4 Å². The standard InChI is InChI=1S/C17H25FN2OS.ClH/c18-16-4-2-1-3-15(16)13-22-12-11-20-17(21)6-5-14-7-9-19-10-8-14;/h1-4,14,19H,5-13H2,(H,20,21);1H. The molecule has 2 rings (SSSR count). The number of hydrogen-bond acceptors (Lipinski definition) is 3. The Morgan fingerprint density at radius 1 is 1.30 bits per heavy atom. The second kappa shape index (κ2) is 11.7. The van der Waals surface area contributed by atoms with E-state index in [1.54, 1.807) is 23.9 Å². The van der Waals surface area contributed by atoms with Gasteiger partial charge >= 0.3 is 0 Å². The lowest BCUT2D eigenvalue weighted by atomic mass is 9.93. The minimum Gasteiger partial charge on any atom is -0.355 e. The van der Waals surface area contributed by atoms with Crippen LogP contribution in [0.3, 0.4) is 0 Å². The lowest BCUT2D eigenvalue weighted by molar-refractivity contribution is -0.121. The van der Waals surface area contributed by atoms with Gasteiger partial charge in [-0.1, -0.05) is 18.2 Å². The van der Waals surface area contributed by atoms with Crippen LogP contribution in [0, 0.1) is 11.7 Å². The minimum absolute atomic E-state index is 0. The molecule has 1 aliphatic rings. The molecule has 0 aliphatic carbocycles. The molecule has 0 saturated carbocycles. The number of nitrogens with one attached hydrogen (secondary N) is 2. The second-order valence-electron chi connectivity index (χ2n) is 5.73. The van der Waals surface area contributed by atoms with Gasteiger partial charge < -0.3 is 10.6 Å². The van der Waals surface area contributed by atoms with Crippen molar-refractivity contribution < 1.29 is 9.18 Å². The summed E-state index contributed by atoms with van der Waals surface area (Å²) in [6, 6.07) is 6.84. The summed E-state index contributed by atoms with van der Waals surface area (Å²) in [6.45, 7) is 2.82. The molecule has 1 aromatic carbocycles. The molecule has 1 saturated heterocycles. The predicted molar refractivity (Wildman–Crippen MR) is 97.6 cm³/mol. The van der Waals surface area contributed by atoms with Gasteiger partial charge in [0.1, 0.15) is 5.82 Å². The van der Waals surface area contributed by atoms with Gasteiger partial charge in [0.2, 0.25) is 5.91 Å². The fourth-order valence-corrected chi connectivity index (χ4v) is 3.50. The third kappa shape index (κ3) is 8.04. The molecule has 1 aliphatic heterocycles. The van der Waals surface area contributed by atoms with E-state index in [0.29, 0.717) is 24.6 Å². The van der Waals surface area contributed by atoms with Crippen LogP contribution in [0.5, 0.6) is 0 Å². The van der Waals surface area contributed by atoms with Crippen LogP contribution in [0.15, 0.2) is 24.3 Å². The van der Waals surface area contributed by atoms with Gasteiger partial charge in [0, 0.05) is 24.5 Å². The van der Waals surface area contributed by atoms with E-state index in [2.05, 4.69) is 10.6 Å². The van der Waals surface area contributed by atoms with Gasteiger partial charge in [0.15, 0.2) is 0 Å². The van der Waals surface area contributed by atoms with Crippen molar-refractivity contribution in [3.63, 3.8) is 0 Å². The Balaban J connectivity index is 0.00000264. The molecule has 1 heterocycles. The molecule has 1 fully saturated rings. The Kier molecular flexibility index (Phi) is 10.3. The predicted octanol–water partition coefficient (Wildman–Crippen LogP) is 3.38. The van der Waals surface area contributed by atoms with Crippen LogP contribution in [0.2, 0.25) is 0 Å². The number of rotatable bonds is 8. The summed E-state index contributed by atoms with van der Waals surface area (Å²) >= 11 is 1.65. The normalized spacial score (nSPS) is 15.0. The van der Waals surface area contributed by atoms with Crippen LogP contribution in [0.25, 0.3) is 0 Å². The highest BCUT2D eigenvalue weighted by atomic mass is 35.5. The molecular formula is C17H26ClFN2OS. The topological polar surface area (TPSA) is 41.1 Å². The Bertz CT molecular complexity index is 470. The first kappa shape index (κ1) is 20.3. The Labute approximate surface area is 148 Å². The largest absolute Gasteiger partial charge is 0.355 e. The Morgan fingerprint density at radius 2 is 2.04 bits per heavy atom. The van der Waals surface area contributed by atoms with Crippen molar-refractivity contribution in [2.45, 2.75) is 31.4 Å². The van der Waals surface area contributed by atoms with Crippen LogP contribution in [0.4, 0.5) is 4.39 Å². The fourth-order valence-electron chi connectivity index (χ4n) is 2.65. The number of thioether (sulfide) groups is 1. The molecule has 1 amide bonds. The average Bonchev–Trinajstić information content (AvgIpc) is 2.55. The molecule has 130 valence electrons. The van der Waals surface area contributed by atoms with Crippen molar-refractivity contribution in [1.82, 2.24) is 10.6 Å². The van der Waals surface area contributed by atoms with Gasteiger partial charge in [-0.25, -0.2) is 4.39 Å². The van der Waals surface area contributed by atoms with E-state index in [9.17, 15) is 9.18 Å². The van der Waals surface area contributed by atoms with E-state index in [4.69, 9.17) is 0 Å². The molecular weight excluding hydrogens is 335 g/mol. The molecule has 0 unspecified atom stereocenters. The zero-order valence-electron chi connectivity index (χ0n) is 13.4. The minimum atomic E-state index is -0.152. The summed E-state index contributed by atoms with van der Waals surface area (Å²) in [5, 5.41) is 6.29. The van der Waals surface area contributed by atoms with Gasteiger partial charge in [-0.05, 0) is 49.9 Å². The molecule has 0 radical (unpaired) electrons. The van der Waals surface area contributed by atoms with Gasteiger partial charge in [0.25, 0.3) is 0 Å². The maximum absolute atomic E-state index is 13.4. The molecule has 0 spiro atoms. The van der Waals surface area contributed by atoms with Crippen LogP contribution < -0.4 is 10.6 Å². The lowest BCUT2D eigenvalue weighted by Crippen LogP contribution is -2.30. The Hall–Kier alpha value is -0.780.